The molecule has 0 aromatic heterocycles. The Hall–Kier alpha value is -2.95. The molecule has 2 aromatic carbocycles. The maximum absolute atomic E-state index is 13.0. The fourth-order valence-corrected chi connectivity index (χ4v) is 3.86. The Bertz CT molecular complexity index is 885. The maximum atomic E-state index is 13.0. The summed E-state index contributed by atoms with van der Waals surface area (Å²) >= 11 is 0. The molecule has 28 heavy (non-hydrogen) atoms. The largest absolute Gasteiger partial charge is 0.474 e. The highest BCUT2D eigenvalue weighted by molar-refractivity contribution is 6.22. The highest BCUT2D eigenvalue weighted by atomic mass is 16.5. The van der Waals surface area contributed by atoms with Gasteiger partial charge in [0.25, 0.3) is 11.8 Å². The van der Waals surface area contributed by atoms with E-state index < -0.39 is 6.04 Å². The lowest BCUT2D eigenvalue weighted by molar-refractivity contribution is 0.0590. The van der Waals surface area contributed by atoms with E-state index in [0.717, 1.165) is 6.42 Å². The van der Waals surface area contributed by atoms with Gasteiger partial charge in [-0.05, 0) is 30.0 Å². The molecule has 2 aliphatic rings. The average Bonchev–Trinajstić information content (AvgIpc) is 3.25. The molecule has 0 spiro atoms. The van der Waals surface area contributed by atoms with E-state index in [1.165, 1.54) is 10.5 Å². The van der Waals surface area contributed by atoms with Crippen molar-refractivity contribution in [3.63, 3.8) is 0 Å². The van der Waals surface area contributed by atoms with E-state index in [0.29, 0.717) is 30.0 Å². The van der Waals surface area contributed by atoms with E-state index in [1.807, 2.05) is 18.2 Å². The van der Waals surface area contributed by atoms with Crippen molar-refractivity contribution >= 4 is 17.7 Å². The molecule has 0 saturated heterocycles. The Morgan fingerprint density at radius 1 is 1.00 bits per heavy atom. The molecule has 2 atom stereocenters. The summed E-state index contributed by atoms with van der Waals surface area (Å²) in [4.78, 5) is 31.8. The first kappa shape index (κ1) is 18.4. The summed E-state index contributed by atoms with van der Waals surface area (Å²) in [7, 11) is 0. The second-order valence-corrected chi connectivity index (χ2v) is 7.78. The van der Waals surface area contributed by atoms with Crippen LogP contribution in [0.5, 0.6) is 0 Å². The molecular formula is C23H24N2O3. The Labute approximate surface area is 165 Å². The molecule has 0 N–H and O–H groups in total. The van der Waals surface area contributed by atoms with Crippen LogP contribution in [0.15, 0.2) is 59.6 Å². The van der Waals surface area contributed by atoms with Crippen molar-refractivity contribution in [3.8, 4) is 0 Å². The van der Waals surface area contributed by atoms with Gasteiger partial charge < -0.3 is 4.74 Å². The number of benzene rings is 2. The first-order valence-electron chi connectivity index (χ1n) is 9.76. The topological polar surface area (TPSA) is 59.0 Å². The summed E-state index contributed by atoms with van der Waals surface area (Å²) < 4.78 is 6.14. The van der Waals surface area contributed by atoms with Crippen molar-refractivity contribution < 1.29 is 14.3 Å². The van der Waals surface area contributed by atoms with Crippen LogP contribution < -0.4 is 0 Å². The number of amides is 2. The zero-order valence-corrected chi connectivity index (χ0v) is 16.2. The predicted molar refractivity (Wildman–Crippen MR) is 108 cm³/mol. The van der Waals surface area contributed by atoms with Gasteiger partial charge in [0.05, 0.1) is 17.7 Å². The molecule has 144 valence electrons. The Morgan fingerprint density at radius 2 is 1.61 bits per heavy atom. The molecule has 4 rings (SSSR count). The van der Waals surface area contributed by atoms with Gasteiger partial charge in [-0.3, -0.25) is 14.5 Å². The molecule has 0 aliphatic carbocycles. The van der Waals surface area contributed by atoms with Gasteiger partial charge in [-0.15, -0.1) is 0 Å². The zero-order valence-electron chi connectivity index (χ0n) is 16.2. The second kappa shape index (κ2) is 7.58. The summed E-state index contributed by atoms with van der Waals surface area (Å²) in [6, 6.07) is 16.6. The quantitative estimate of drug-likeness (QED) is 0.722. The molecular weight excluding hydrogens is 352 g/mol. The summed E-state index contributed by atoms with van der Waals surface area (Å²) in [6.45, 7) is 4.69. The fourth-order valence-electron chi connectivity index (χ4n) is 3.86. The molecule has 2 heterocycles. The number of nitrogens with zero attached hydrogens (tertiary/aromatic N) is 2. The van der Waals surface area contributed by atoms with Crippen molar-refractivity contribution in [1.29, 1.82) is 0 Å². The van der Waals surface area contributed by atoms with Gasteiger partial charge in [0.1, 0.15) is 12.1 Å². The monoisotopic (exact) mass is 376 g/mol. The number of rotatable bonds is 6. The first-order valence-corrected chi connectivity index (χ1v) is 9.76. The van der Waals surface area contributed by atoms with Crippen molar-refractivity contribution in [2.45, 2.75) is 38.8 Å². The number of hydrogen-bond acceptors (Lipinski definition) is 4. The summed E-state index contributed by atoms with van der Waals surface area (Å²) in [5.41, 5.74) is 2.10. The van der Waals surface area contributed by atoms with Gasteiger partial charge >= 0.3 is 0 Å². The van der Waals surface area contributed by atoms with E-state index in [9.17, 15) is 9.59 Å². The third-order valence-electron chi connectivity index (χ3n) is 5.16. The fraction of sp³-hybridized carbons (Fsp3) is 0.348. The molecule has 0 fully saturated rings. The summed E-state index contributed by atoms with van der Waals surface area (Å²) in [5, 5.41) is 0. The van der Waals surface area contributed by atoms with E-state index in [1.54, 1.807) is 24.3 Å². The Morgan fingerprint density at radius 3 is 2.21 bits per heavy atom. The Kier molecular flexibility index (Phi) is 4.99. The molecule has 2 aromatic rings. The van der Waals surface area contributed by atoms with Gasteiger partial charge in [0.15, 0.2) is 0 Å². The van der Waals surface area contributed by atoms with Crippen LogP contribution in [-0.4, -0.2) is 41.3 Å². The predicted octanol–water partition coefficient (Wildman–Crippen LogP) is 3.74. The van der Waals surface area contributed by atoms with Gasteiger partial charge in [-0.1, -0.05) is 56.3 Å². The second-order valence-electron chi connectivity index (χ2n) is 7.78. The lowest BCUT2D eigenvalue weighted by Gasteiger charge is -2.27. The number of fused-ring (bicyclic) bond motifs is 1. The molecule has 0 bridgehead atoms. The third kappa shape index (κ3) is 3.44. The van der Waals surface area contributed by atoms with Crippen LogP contribution in [0.25, 0.3) is 0 Å². The van der Waals surface area contributed by atoms with Crippen LogP contribution in [0.2, 0.25) is 0 Å². The highest BCUT2D eigenvalue weighted by Gasteiger charge is 2.43. The van der Waals surface area contributed by atoms with Crippen molar-refractivity contribution in [1.82, 2.24) is 4.90 Å². The standard InChI is InChI=1S/C23H24N2O3/c1-15(2)12-20(25-22(26)18-10-6-7-11-19(18)23(25)27)21-24-14-17(28-21)13-16-8-4-3-5-9-16/h3-11,15,17,20H,12-14H2,1-2H3/t17?,20-/m0/s1. The molecule has 5 nitrogen and oxygen atoms in total. The lowest BCUT2D eigenvalue weighted by atomic mass is 10.0. The van der Waals surface area contributed by atoms with Crippen molar-refractivity contribution in [2.75, 3.05) is 6.54 Å². The molecule has 0 saturated carbocycles. The summed E-state index contributed by atoms with van der Waals surface area (Å²) in [6.07, 6.45) is 1.31. The zero-order chi connectivity index (χ0) is 19.7. The number of imide groups is 1. The maximum Gasteiger partial charge on any atom is 0.262 e. The van der Waals surface area contributed by atoms with E-state index in [4.69, 9.17) is 4.74 Å². The molecule has 0 radical (unpaired) electrons. The number of hydrogen-bond donors (Lipinski definition) is 0. The van der Waals surface area contributed by atoms with E-state index in [-0.39, 0.29) is 23.8 Å². The van der Waals surface area contributed by atoms with Crippen LogP contribution in [0.1, 0.15) is 46.5 Å². The lowest BCUT2D eigenvalue weighted by Crippen LogP contribution is -2.46. The van der Waals surface area contributed by atoms with Crippen molar-refractivity contribution in [3.05, 3.63) is 71.3 Å². The summed E-state index contributed by atoms with van der Waals surface area (Å²) in [5.74, 6) is 0.269. The van der Waals surface area contributed by atoms with E-state index in [2.05, 4.69) is 31.0 Å². The van der Waals surface area contributed by atoms with Gasteiger partial charge in [-0.2, -0.15) is 0 Å². The van der Waals surface area contributed by atoms with Crippen molar-refractivity contribution in [2.24, 2.45) is 10.9 Å². The smallest absolute Gasteiger partial charge is 0.262 e. The first-order chi connectivity index (χ1) is 13.5. The molecule has 5 heteroatoms. The van der Waals surface area contributed by atoms with Crippen LogP contribution in [0.4, 0.5) is 0 Å². The SMILES string of the molecule is CC(C)C[C@@H](C1=NCC(Cc2ccccc2)O1)N1C(=O)c2ccccc2C1=O. The third-order valence-corrected chi connectivity index (χ3v) is 5.16. The molecule has 1 unspecified atom stereocenters. The molecule has 2 amide bonds. The van der Waals surface area contributed by atoms with E-state index >= 15 is 0 Å². The number of carbonyl (C=O) groups excluding carboxylic acids is 2. The minimum atomic E-state index is -0.465. The minimum absolute atomic E-state index is 0.0674. The van der Waals surface area contributed by atoms with Crippen LogP contribution in [-0.2, 0) is 11.2 Å². The van der Waals surface area contributed by atoms with Crippen LogP contribution in [0.3, 0.4) is 0 Å². The normalized spacial score (nSPS) is 19.6. The number of ether oxygens (including phenoxy) is 1. The number of aliphatic imine (C=N–C) groups is 1. The number of carbonyl (C=O) groups is 2. The van der Waals surface area contributed by atoms with Crippen LogP contribution in [0, 0.1) is 5.92 Å². The molecule has 2 aliphatic heterocycles. The Balaban J connectivity index is 1.55. The highest BCUT2D eigenvalue weighted by Crippen LogP contribution is 2.29. The van der Waals surface area contributed by atoms with Gasteiger partial charge in [0.2, 0.25) is 5.90 Å². The average molecular weight is 376 g/mol. The van der Waals surface area contributed by atoms with Gasteiger partial charge in [-0.25, -0.2) is 4.99 Å². The van der Waals surface area contributed by atoms with Gasteiger partial charge in [0, 0.05) is 6.42 Å². The minimum Gasteiger partial charge on any atom is -0.474 e. The van der Waals surface area contributed by atoms with Crippen LogP contribution >= 0.6 is 0 Å².